The SMILES string of the molecule is CC(C)(C)C1CCC(NCc2ccc(Br)s2)CC1. The Hall–Kier alpha value is 0.140. The number of nitrogens with one attached hydrogen (secondary N) is 1. The second kappa shape index (κ2) is 6.06. The highest BCUT2D eigenvalue weighted by Gasteiger charge is 2.29. The second-order valence-electron chi connectivity index (χ2n) is 6.50. The van der Waals surface area contributed by atoms with Crippen molar-refractivity contribution in [3.05, 3.63) is 20.8 Å². The van der Waals surface area contributed by atoms with E-state index in [9.17, 15) is 0 Å². The summed E-state index contributed by atoms with van der Waals surface area (Å²) in [7, 11) is 0. The highest BCUT2D eigenvalue weighted by Crippen LogP contribution is 2.37. The molecule has 0 saturated heterocycles. The van der Waals surface area contributed by atoms with Gasteiger partial charge in [-0.05, 0) is 65.1 Å². The highest BCUT2D eigenvalue weighted by atomic mass is 79.9. The number of hydrogen-bond acceptors (Lipinski definition) is 2. The molecule has 1 heterocycles. The van der Waals surface area contributed by atoms with Crippen LogP contribution in [0.15, 0.2) is 15.9 Å². The van der Waals surface area contributed by atoms with Crippen molar-refractivity contribution in [1.82, 2.24) is 5.32 Å². The van der Waals surface area contributed by atoms with E-state index in [4.69, 9.17) is 0 Å². The van der Waals surface area contributed by atoms with Crippen LogP contribution in [0.25, 0.3) is 0 Å². The summed E-state index contributed by atoms with van der Waals surface area (Å²) < 4.78 is 1.23. The van der Waals surface area contributed by atoms with Crippen molar-refractivity contribution in [1.29, 1.82) is 0 Å². The molecule has 0 amide bonds. The van der Waals surface area contributed by atoms with Crippen molar-refractivity contribution in [2.24, 2.45) is 11.3 Å². The van der Waals surface area contributed by atoms with Crippen LogP contribution in [-0.2, 0) is 6.54 Å². The molecule has 0 atom stereocenters. The van der Waals surface area contributed by atoms with Gasteiger partial charge in [0.1, 0.15) is 0 Å². The van der Waals surface area contributed by atoms with E-state index in [0.717, 1.165) is 18.5 Å². The third-order valence-electron chi connectivity index (χ3n) is 4.15. The number of rotatable bonds is 3. The van der Waals surface area contributed by atoms with Crippen molar-refractivity contribution in [2.75, 3.05) is 0 Å². The van der Waals surface area contributed by atoms with Gasteiger partial charge in [0.05, 0.1) is 3.79 Å². The number of thiophene rings is 1. The van der Waals surface area contributed by atoms with E-state index in [2.05, 4.69) is 54.2 Å². The topological polar surface area (TPSA) is 12.0 Å². The van der Waals surface area contributed by atoms with Gasteiger partial charge in [-0.2, -0.15) is 0 Å². The van der Waals surface area contributed by atoms with Gasteiger partial charge in [0.25, 0.3) is 0 Å². The van der Waals surface area contributed by atoms with Crippen molar-refractivity contribution >= 4 is 27.3 Å². The van der Waals surface area contributed by atoms with Crippen molar-refractivity contribution < 1.29 is 0 Å². The Morgan fingerprint density at radius 1 is 1.22 bits per heavy atom. The molecule has 0 bridgehead atoms. The standard InChI is InChI=1S/C15H24BrNS/c1-15(2,3)11-4-6-12(7-5-11)17-10-13-8-9-14(16)18-13/h8-9,11-12,17H,4-7,10H2,1-3H3. The van der Waals surface area contributed by atoms with Crippen LogP contribution in [0.5, 0.6) is 0 Å². The molecule has 0 spiro atoms. The zero-order valence-corrected chi connectivity index (χ0v) is 14.0. The molecule has 102 valence electrons. The minimum atomic E-state index is 0.490. The predicted octanol–water partition coefficient (Wildman–Crippen LogP) is 5.21. The van der Waals surface area contributed by atoms with E-state index in [1.165, 1.54) is 34.3 Å². The molecular formula is C15H24BrNS. The summed E-state index contributed by atoms with van der Waals surface area (Å²) in [4.78, 5) is 1.43. The number of halogens is 1. The molecule has 0 aromatic carbocycles. The van der Waals surface area contributed by atoms with Crippen LogP contribution >= 0.6 is 27.3 Å². The van der Waals surface area contributed by atoms with Crippen LogP contribution in [0.4, 0.5) is 0 Å². The molecule has 0 radical (unpaired) electrons. The zero-order valence-electron chi connectivity index (χ0n) is 11.6. The molecule has 2 rings (SSSR count). The summed E-state index contributed by atoms with van der Waals surface area (Å²) in [5.74, 6) is 0.909. The molecule has 1 aliphatic rings. The molecule has 18 heavy (non-hydrogen) atoms. The molecule has 1 nitrogen and oxygen atoms in total. The van der Waals surface area contributed by atoms with Crippen molar-refractivity contribution in [2.45, 2.75) is 59.0 Å². The maximum atomic E-state index is 3.71. The lowest BCUT2D eigenvalue weighted by Crippen LogP contribution is -2.35. The van der Waals surface area contributed by atoms with Crippen LogP contribution in [0.1, 0.15) is 51.3 Å². The van der Waals surface area contributed by atoms with E-state index in [1.807, 2.05) is 11.3 Å². The lowest BCUT2D eigenvalue weighted by atomic mass is 9.71. The van der Waals surface area contributed by atoms with Gasteiger partial charge in [0.15, 0.2) is 0 Å². The maximum Gasteiger partial charge on any atom is 0.0701 e. The molecule has 1 aliphatic carbocycles. The summed E-state index contributed by atoms with van der Waals surface area (Å²) in [6.07, 6.45) is 5.45. The van der Waals surface area contributed by atoms with Gasteiger partial charge in [-0.25, -0.2) is 0 Å². The molecule has 0 aliphatic heterocycles. The Labute approximate surface area is 123 Å². The smallest absolute Gasteiger partial charge is 0.0701 e. The average Bonchev–Trinajstić information content (AvgIpc) is 2.72. The summed E-state index contributed by atoms with van der Waals surface area (Å²) >= 11 is 5.35. The maximum absolute atomic E-state index is 3.71. The Kier molecular flexibility index (Phi) is 4.90. The minimum absolute atomic E-state index is 0.490. The van der Waals surface area contributed by atoms with E-state index in [1.54, 1.807) is 0 Å². The first-order valence-corrected chi connectivity index (χ1v) is 8.53. The molecule has 3 heteroatoms. The monoisotopic (exact) mass is 329 g/mol. The van der Waals surface area contributed by atoms with E-state index >= 15 is 0 Å². The first-order valence-electron chi connectivity index (χ1n) is 6.93. The van der Waals surface area contributed by atoms with Crippen molar-refractivity contribution in [3.63, 3.8) is 0 Å². The normalized spacial score (nSPS) is 25.3. The fourth-order valence-corrected chi connectivity index (χ4v) is 4.29. The Morgan fingerprint density at radius 3 is 2.39 bits per heavy atom. The summed E-state index contributed by atoms with van der Waals surface area (Å²) in [5, 5.41) is 3.71. The van der Waals surface area contributed by atoms with E-state index in [-0.39, 0.29) is 0 Å². The molecular weight excluding hydrogens is 306 g/mol. The lowest BCUT2D eigenvalue weighted by molar-refractivity contribution is 0.160. The summed E-state index contributed by atoms with van der Waals surface area (Å²) in [6, 6.07) is 5.07. The number of hydrogen-bond donors (Lipinski definition) is 1. The van der Waals surface area contributed by atoms with Crippen LogP contribution in [0.3, 0.4) is 0 Å². The molecule has 1 N–H and O–H groups in total. The summed E-state index contributed by atoms with van der Waals surface area (Å²) in [5.41, 5.74) is 0.490. The Balaban J connectivity index is 1.74. The third kappa shape index (κ3) is 4.07. The molecule has 1 fully saturated rings. The first kappa shape index (κ1) is 14.5. The molecule has 0 unspecified atom stereocenters. The van der Waals surface area contributed by atoms with E-state index in [0.29, 0.717) is 5.41 Å². The van der Waals surface area contributed by atoms with Gasteiger partial charge in [0, 0.05) is 17.5 Å². The Bertz CT molecular complexity index is 372. The minimum Gasteiger partial charge on any atom is -0.309 e. The van der Waals surface area contributed by atoms with Crippen LogP contribution in [0, 0.1) is 11.3 Å². The quantitative estimate of drug-likeness (QED) is 0.803. The van der Waals surface area contributed by atoms with Gasteiger partial charge in [-0.15, -0.1) is 11.3 Å². The van der Waals surface area contributed by atoms with Crippen LogP contribution in [0.2, 0.25) is 0 Å². The van der Waals surface area contributed by atoms with E-state index < -0.39 is 0 Å². The van der Waals surface area contributed by atoms with Gasteiger partial charge < -0.3 is 5.32 Å². The first-order chi connectivity index (χ1) is 8.45. The largest absolute Gasteiger partial charge is 0.309 e. The second-order valence-corrected chi connectivity index (χ2v) is 9.05. The fraction of sp³-hybridized carbons (Fsp3) is 0.733. The highest BCUT2D eigenvalue weighted by molar-refractivity contribution is 9.11. The summed E-state index contributed by atoms with van der Waals surface area (Å²) in [6.45, 7) is 8.18. The van der Waals surface area contributed by atoms with Crippen LogP contribution < -0.4 is 5.32 Å². The van der Waals surface area contributed by atoms with Gasteiger partial charge in [-0.1, -0.05) is 20.8 Å². The predicted molar refractivity (Wildman–Crippen MR) is 84.1 cm³/mol. The molecule has 1 aromatic rings. The van der Waals surface area contributed by atoms with Gasteiger partial charge in [-0.3, -0.25) is 0 Å². The molecule has 1 aromatic heterocycles. The lowest BCUT2D eigenvalue weighted by Gasteiger charge is -2.37. The fourth-order valence-electron chi connectivity index (χ4n) is 2.86. The molecule has 1 saturated carbocycles. The average molecular weight is 330 g/mol. The third-order valence-corrected chi connectivity index (χ3v) is 5.77. The van der Waals surface area contributed by atoms with Crippen molar-refractivity contribution in [3.8, 4) is 0 Å². The van der Waals surface area contributed by atoms with Gasteiger partial charge >= 0.3 is 0 Å². The zero-order chi connectivity index (χ0) is 13.2. The Morgan fingerprint density at radius 2 is 1.89 bits per heavy atom. The van der Waals surface area contributed by atoms with Gasteiger partial charge in [0.2, 0.25) is 0 Å². The van der Waals surface area contributed by atoms with Crippen LogP contribution in [-0.4, -0.2) is 6.04 Å².